The smallest absolute Gasteiger partial charge is 0.0451 e. The average molecular weight is 311 g/mol. The second kappa shape index (κ2) is 5.67. The van der Waals surface area contributed by atoms with Crippen LogP contribution in [0.4, 0.5) is 0 Å². The third-order valence-electron chi connectivity index (χ3n) is 2.60. The largest absolute Gasteiger partial charge is 0.316 e. The van der Waals surface area contributed by atoms with Gasteiger partial charge in [0, 0.05) is 16.0 Å². The van der Waals surface area contributed by atoms with E-state index in [0.717, 1.165) is 21.6 Å². The summed E-state index contributed by atoms with van der Waals surface area (Å²) in [4.78, 5) is 0. The van der Waals surface area contributed by atoms with E-state index in [-0.39, 0.29) is 0 Å². The lowest BCUT2D eigenvalue weighted by Gasteiger charge is -2.09. The highest BCUT2D eigenvalue weighted by atomic mass is 79.9. The predicted octanol–water partition coefficient (Wildman–Crippen LogP) is 4.49. The van der Waals surface area contributed by atoms with Gasteiger partial charge in [0.15, 0.2) is 0 Å². The molecule has 0 spiro atoms. The predicted molar refractivity (Wildman–Crippen MR) is 77.4 cm³/mol. The summed E-state index contributed by atoms with van der Waals surface area (Å²) in [5.41, 5.74) is 3.47. The lowest BCUT2D eigenvalue weighted by molar-refractivity contribution is 0.818. The van der Waals surface area contributed by atoms with Crippen LogP contribution in [0.2, 0.25) is 5.02 Å². The highest BCUT2D eigenvalue weighted by Crippen LogP contribution is 2.30. The van der Waals surface area contributed by atoms with E-state index in [2.05, 4.69) is 33.4 Å². The Morgan fingerprint density at radius 2 is 1.94 bits per heavy atom. The summed E-state index contributed by atoms with van der Waals surface area (Å²) in [6.07, 6.45) is 0. The number of hydrogen-bond acceptors (Lipinski definition) is 1. The van der Waals surface area contributed by atoms with Crippen molar-refractivity contribution in [2.75, 3.05) is 7.05 Å². The molecule has 0 saturated heterocycles. The molecule has 1 nitrogen and oxygen atoms in total. The maximum atomic E-state index is 6.15. The van der Waals surface area contributed by atoms with Crippen LogP contribution in [-0.4, -0.2) is 7.05 Å². The van der Waals surface area contributed by atoms with Gasteiger partial charge in [0.25, 0.3) is 0 Å². The molecule has 2 rings (SSSR count). The summed E-state index contributed by atoms with van der Waals surface area (Å²) in [5.74, 6) is 0. The van der Waals surface area contributed by atoms with Crippen LogP contribution in [0.25, 0.3) is 11.1 Å². The molecule has 0 heterocycles. The minimum Gasteiger partial charge on any atom is -0.316 e. The number of halogens is 2. The van der Waals surface area contributed by atoms with Crippen LogP contribution >= 0.6 is 27.5 Å². The SMILES string of the molecule is CNCc1cc(-c2ccccc2Br)ccc1Cl. The molecule has 0 bridgehead atoms. The van der Waals surface area contributed by atoms with Crippen molar-refractivity contribution < 1.29 is 0 Å². The third-order valence-corrected chi connectivity index (χ3v) is 3.66. The zero-order valence-electron chi connectivity index (χ0n) is 9.50. The minimum absolute atomic E-state index is 0.775. The van der Waals surface area contributed by atoms with E-state index in [1.165, 1.54) is 11.1 Å². The normalized spacial score (nSPS) is 10.5. The van der Waals surface area contributed by atoms with Crippen LogP contribution in [-0.2, 0) is 6.54 Å². The van der Waals surface area contributed by atoms with Gasteiger partial charge in [0.1, 0.15) is 0 Å². The van der Waals surface area contributed by atoms with Gasteiger partial charge in [-0.15, -0.1) is 0 Å². The average Bonchev–Trinajstić information content (AvgIpc) is 2.33. The van der Waals surface area contributed by atoms with Crippen LogP contribution in [0.15, 0.2) is 46.9 Å². The number of hydrogen-bond donors (Lipinski definition) is 1. The molecule has 0 amide bonds. The molecule has 1 N–H and O–H groups in total. The second-order valence-electron chi connectivity index (χ2n) is 3.82. The van der Waals surface area contributed by atoms with Crippen molar-refractivity contribution in [3.05, 3.63) is 57.5 Å². The van der Waals surface area contributed by atoms with E-state index in [4.69, 9.17) is 11.6 Å². The molecule has 0 aliphatic rings. The lowest BCUT2D eigenvalue weighted by Crippen LogP contribution is -2.05. The lowest BCUT2D eigenvalue weighted by atomic mass is 10.0. The van der Waals surface area contributed by atoms with Gasteiger partial charge in [-0.05, 0) is 41.9 Å². The molecule has 3 heteroatoms. The summed E-state index contributed by atoms with van der Waals surface area (Å²) in [7, 11) is 1.92. The highest BCUT2D eigenvalue weighted by molar-refractivity contribution is 9.10. The topological polar surface area (TPSA) is 12.0 Å². The molecule has 0 aliphatic heterocycles. The first kappa shape index (κ1) is 12.6. The van der Waals surface area contributed by atoms with Gasteiger partial charge in [-0.3, -0.25) is 0 Å². The zero-order chi connectivity index (χ0) is 12.3. The van der Waals surface area contributed by atoms with E-state index in [0.29, 0.717) is 0 Å². The molecular weight excluding hydrogens is 298 g/mol. The molecule has 2 aromatic carbocycles. The van der Waals surface area contributed by atoms with Crippen molar-refractivity contribution in [1.82, 2.24) is 5.32 Å². The third kappa shape index (κ3) is 2.89. The Morgan fingerprint density at radius 1 is 1.18 bits per heavy atom. The van der Waals surface area contributed by atoms with Crippen molar-refractivity contribution in [3.63, 3.8) is 0 Å². The molecule has 0 radical (unpaired) electrons. The number of nitrogens with one attached hydrogen (secondary N) is 1. The van der Waals surface area contributed by atoms with Gasteiger partial charge in [-0.1, -0.05) is 51.8 Å². The monoisotopic (exact) mass is 309 g/mol. The van der Waals surface area contributed by atoms with Crippen molar-refractivity contribution in [3.8, 4) is 11.1 Å². The summed E-state index contributed by atoms with van der Waals surface area (Å²) in [6.45, 7) is 0.775. The number of rotatable bonds is 3. The fraction of sp³-hybridized carbons (Fsp3) is 0.143. The quantitative estimate of drug-likeness (QED) is 0.881. The van der Waals surface area contributed by atoms with Crippen LogP contribution in [0.1, 0.15) is 5.56 Å². The van der Waals surface area contributed by atoms with Gasteiger partial charge >= 0.3 is 0 Å². The Hall–Kier alpha value is -0.830. The summed E-state index contributed by atoms with van der Waals surface area (Å²) < 4.78 is 1.10. The summed E-state index contributed by atoms with van der Waals surface area (Å²) in [6, 6.07) is 14.3. The van der Waals surface area contributed by atoms with Gasteiger partial charge in [0.05, 0.1) is 0 Å². The molecule has 0 fully saturated rings. The Bertz CT molecular complexity index is 525. The number of benzene rings is 2. The van der Waals surface area contributed by atoms with E-state index in [9.17, 15) is 0 Å². The highest BCUT2D eigenvalue weighted by Gasteiger charge is 2.05. The van der Waals surface area contributed by atoms with Gasteiger partial charge in [-0.2, -0.15) is 0 Å². The van der Waals surface area contributed by atoms with Crippen molar-refractivity contribution in [2.24, 2.45) is 0 Å². The molecule has 17 heavy (non-hydrogen) atoms. The minimum atomic E-state index is 0.775. The molecule has 0 unspecified atom stereocenters. The fourth-order valence-corrected chi connectivity index (χ4v) is 2.46. The van der Waals surface area contributed by atoms with E-state index in [1.54, 1.807) is 0 Å². The Morgan fingerprint density at radius 3 is 2.65 bits per heavy atom. The van der Waals surface area contributed by atoms with Crippen molar-refractivity contribution in [2.45, 2.75) is 6.54 Å². The van der Waals surface area contributed by atoms with Gasteiger partial charge in [0.2, 0.25) is 0 Å². The van der Waals surface area contributed by atoms with Crippen LogP contribution < -0.4 is 5.32 Å². The standard InChI is InChI=1S/C14H13BrClN/c1-17-9-11-8-10(6-7-14(11)16)12-4-2-3-5-13(12)15/h2-8,17H,9H2,1H3. The molecule has 2 aromatic rings. The molecule has 0 saturated carbocycles. The van der Waals surface area contributed by atoms with Crippen molar-refractivity contribution >= 4 is 27.5 Å². The van der Waals surface area contributed by atoms with Crippen LogP contribution in [0.3, 0.4) is 0 Å². The molecule has 88 valence electrons. The Kier molecular flexibility index (Phi) is 4.21. The summed E-state index contributed by atoms with van der Waals surface area (Å²) >= 11 is 9.72. The summed E-state index contributed by atoms with van der Waals surface area (Å²) in [5, 5.41) is 3.92. The maximum absolute atomic E-state index is 6.15. The molecular formula is C14H13BrClN. The van der Waals surface area contributed by atoms with E-state index < -0.39 is 0 Å². The van der Waals surface area contributed by atoms with Gasteiger partial charge in [-0.25, -0.2) is 0 Å². The Balaban J connectivity index is 2.46. The van der Waals surface area contributed by atoms with Crippen LogP contribution in [0.5, 0.6) is 0 Å². The first-order chi connectivity index (χ1) is 8.22. The maximum Gasteiger partial charge on any atom is 0.0451 e. The molecule has 0 atom stereocenters. The second-order valence-corrected chi connectivity index (χ2v) is 5.08. The first-order valence-corrected chi connectivity index (χ1v) is 6.57. The molecule has 0 aliphatic carbocycles. The van der Waals surface area contributed by atoms with E-state index >= 15 is 0 Å². The first-order valence-electron chi connectivity index (χ1n) is 5.40. The van der Waals surface area contributed by atoms with Gasteiger partial charge < -0.3 is 5.32 Å². The van der Waals surface area contributed by atoms with Crippen LogP contribution in [0, 0.1) is 0 Å². The zero-order valence-corrected chi connectivity index (χ0v) is 11.8. The van der Waals surface area contributed by atoms with Crippen molar-refractivity contribution in [1.29, 1.82) is 0 Å². The molecule has 0 aromatic heterocycles. The van der Waals surface area contributed by atoms with E-state index in [1.807, 2.05) is 37.4 Å². The Labute approximate surface area is 115 Å². The fourth-order valence-electron chi connectivity index (χ4n) is 1.76.